The Kier molecular flexibility index (Phi) is 3.92. The van der Waals surface area contributed by atoms with Crippen LogP contribution >= 0.6 is 0 Å². The molecule has 0 amide bonds. The first-order valence-corrected chi connectivity index (χ1v) is 7.84. The van der Waals surface area contributed by atoms with E-state index in [0.717, 1.165) is 30.6 Å². The number of benzene rings is 1. The van der Waals surface area contributed by atoms with Gasteiger partial charge in [0.15, 0.2) is 0 Å². The molecule has 1 aliphatic heterocycles. The molecular formula is C13H20N2O2S. The van der Waals surface area contributed by atoms with Crippen LogP contribution in [0.1, 0.15) is 25.8 Å². The zero-order chi connectivity index (χ0) is 13.2. The molecule has 5 heteroatoms. The second-order valence-electron chi connectivity index (χ2n) is 5.08. The van der Waals surface area contributed by atoms with Gasteiger partial charge in [-0.05, 0) is 42.5 Å². The average Bonchev–Trinajstić information content (AvgIpc) is 2.74. The van der Waals surface area contributed by atoms with E-state index in [1.165, 1.54) is 0 Å². The van der Waals surface area contributed by atoms with Crippen molar-refractivity contribution in [2.45, 2.75) is 31.6 Å². The molecule has 2 rings (SSSR count). The third-order valence-corrected chi connectivity index (χ3v) is 4.57. The van der Waals surface area contributed by atoms with Crippen LogP contribution in [0.15, 0.2) is 23.1 Å². The second-order valence-corrected chi connectivity index (χ2v) is 6.84. The van der Waals surface area contributed by atoms with Crippen LogP contribution in [0.3, 0.4) is 0 Å². The smallest absolute Gasteiger partial charge is 0.240 e. The summed E-state index contributed by atoms with van der Waals surface area (Å²) in [5.74, 6) is 0.497. The molecule has 1 heterocycles. The molecule has 0 saturated heterocycles. The van der Waals surface area contributed by atoms with Crippen molar-refractivity contribution >= 4 is 15.7 Å². The first-order chi connectivity index (χ1) is 8.49. The van der Waals surface area contributed by atoms with Gasteiger partial charge in [-0.25, -0.2) is 13.1 Å². The molecule has 0 unspecified atom stereocenters. The maximum absolute atomic E-state index is 12.1. The molecule has 0 bridgehead atoms. The van der Waals surface area contributed by atoms with Crippen molar-refractivity contribution in [1.82, 2.24) is 4.72 Å². The standard InChI is InChI=1S/C13H20N2O2S/c1-10(2)5-8-15-18(16,17)12-3-4-13-11(9-12)6-7-14-13/h3-4,9-10,14-15H,5-8H2,1-2H3. The minimum absolute atomic E-state index is 0.369. The molecule has 0 spiro atoms. The molecule has 0 radical (unpaired) electrons. The summed E-state index contributed by atoms with van der Waals surface area (Å²) in [5, 5.41) is 3.22. The van der Waals surface area contributed by atoms with Gasteiger partial charge in [-0.1, -0.05) is 13.8 Å². The Morgan fingerprint density at radius 1 is 1.39 bits per heavy atom. The largest absolute Gasteiger partial charge is 0.384 e. The first-order valence-electron chi connectivity index (χ1n) is 6.35. The minimum atomic E-state index is -3.36. The molecule has 1 aliphatic rings. The Hall–Kier alpha value is -1.07. The van der Waals surface area contributed by atoms with Gasteiger partial charge in [-0.15, -0.1) is 0 Å². The molecule has 0 aliphatic carbocycles. The van der Waals surface area contributed by atoms with Crippen LogP contribution in [0.2, 0.25) is 0 Å². The highest BCUT2D eigenvalue weighted by Gasteiger charge is 2.17. The summed E-state index contributed by atoms with van der Waals surface area (Å²) in [5.41, 5.74) is 2.14. The zero-order valence-corrected chi connectivity index (χ0v) is 11.7. The number of fused-ring (bicyclic) bond motifs is 1. The summed E-state index contributed by atoms with van der Waals surface area (Å²) in [6.07, 6.45) is 1.75. The quantitative estimate of drug-likeness (QED) is 0.858. The van der Waals surface area contributed by atoms with Crippen molar-refractivity contribution in [1.29, 1.82) is 0 Å². The van der Waals surface area contributed by atoms with Gasteiger partial charge >= 0.3 is 0 Å². The van der Waals surface area contributed by atoms with E-state index >= 15 is 0 Å². The molecule has 4 nitrogen and oxygen atoms in total. The highest BCUT2D eigenvalue weighted by molar-refractivity contribution is 7.89. The number of hydrogen-bond donors (Lipinski definition) is 2. The highest BCUT2D eigenvalue weighted by atomic mass is 32.2. The predicted molar refractivity (Wildman–Crippen MR) is 73.3 cm³/mol. The van der Waals surface area contributed by atoms with Crippen LogP contribution in [0.5, 0.6) is 0 Å². The van der Waals surface area contributed by atoms with E-state index in [1.807, 2.05) is 6.07 Å². The van der Waals surface area contributed by atoms with Crippen LogP contribution in [-0.2, 0) is 16.4 Å². The van der Waals surface area contributed by atoms with E-state index in [4.69, 9.17) is 0 Å². The number of sulfonamides is 1. The molecule has 1 aromatic carbocycles. The topological polar surface area (TPSA) is 58.2 Å². The van der Waals surface area contributed by atoms with Gasteiger partial charge in [0.25, 0.3) is 0 Å². The Labute approximate surface area is 109 Å². The van der Waals surface area contributed by atoms with Gasteiger partial charge in [0.05, 0.1) is 4.90 Å². The second kappa shape index (κ2) is 5.28. The number of hydrogen-bond acceptors (Lipinski definition) is 3. The fraction of sp³-hybridized carbons (Fsp3) is 0.538. The molecule has 100 valence electrons. The lowest BCUT2D eigenvalue weighted by Crippen LogP contribution is -2.25. The Morgan fingerprint density at radius 3 is 2.89 bits per heavy atom. The van der Waals surface area contributed by atoms with E-state index in [9.17, 15) is 8.42 Å². The molecule has 2 N–H and O–H groups in total. The molecule has 0 aromatic heterocycles. The monoisotopic (exact) mass is 268 g/mol. The third kappa shape index (κ3) is 3.03. The van der Waals surface area contributed by atoms with Gasteiger partial charge in [0, 0.05) is 18.8 Å². The van der Waals surface area contributed by atoms with Crippen molar-refractivity contribution < 1.29 is 8.42 Å². The van der Waals surface area contributed by atoms with Gasteiger partial charge in [0.2, 0.25) is 10.0 Å². The summed E-state index contributed by atoms with van der Waals surface area (Å²) < 4.78 is 26.8. The number of anilines is 1. The predicted octanol–water partition coefficient (Wildman–Crippen LogP) is 1.98. The minimum Gasteiger partial charge on any atom is -0.384 e. The van der Waals surface area contributed by atoms with E-state index in [1.54, 1.807) is 12.1 Å². The van der Waals surface area contributed by atoms with E-state index in [-0.39, 0.29) is 0 Å². The molecular weight excluding hydrogens is 248 g/mol. The fourth-order valence-corrected chi connectivity index (χ4v) is 3.11. The lowest BCUT2D eigenvalue weighted by molar-refractivity contribution is 0.551. The molecule has 0 saturated carbocycles. The maximum Gasteiger partial charge on any atom is 0.240 e. The van der Waals surface area contributed by atoms with Crippen LogP contribution in [0.4, 0.5) is 5.69 Å². The van der Waals surface area contributed by atoms with E-state index in [2.05, 4.69) is 23.9 Å². The average molecular weight is 268 g/mol. The normalized spacial score (nSPS) is 14.6. The summed E-state index contributed by atoms with van der Waals surface area (Å²) in [6, 6.07) is 5.28. The number of nitrogens with one attached hydrogen (secondary N) is 2. The summed E-state index contributed by atoms with van der Waals surface area (Å²) in [7, 11) is -3.36. The first kappa shape index (κ1) is 13.4. The lowest BCUT2D eigenvalue weighted by atomic mass is 10.1. The molecule has 0 fully saturated rings. The SMILES string of the molecule is CC(C)CCNS(=O)(=O)c1ccc2c(c1)CCN2. The summed E-state index contributed by atoms with van der Waals surface area (Å²) in [4.78, 5) is 0.369. The molecule has 1 aromatic rings. The van der Waals surface area contributed by atoms with E-state index < -0.39 is 10.0 Å². The van der Waals surface area contributed by atoms with Crippen LogP contribution < -0.4 is 10.0 Å². The van der Waals surface area contributed by atoms with Crippen LogP contribution in [0, 0.1) is 5.92 Å². The lowest BCUT2D eigenvalue weighted by Gasteiger charge is -2.09. The third-order valence-electron chi connectivity index (χ3n) is 3.11. The van der Waals surface area contributed by atoms with Crippen LogP contribution in [-0.4, -0.2) is 21.5 Å². The fourth-order valence-electron chi connectivity index (χ4n) is 2.01. The summed E-state index contributed by atoms with van der Waals surface area (Å²) in [6.45, 7) is 5.54. The van der Waals surface area contributed by atoms with Crippen molar-refractivity contribution in [3.63, 3.8) is 0 Å². The van der Waals surface area contributed by atoms with E-state index in [0.29, 0.717) is 17.4 Å². The maximum atomic E-state index is 12.1. The Morgan fingerprint density at radius 2 is 2.17 bits per heavy atom. The van der Waals surface area contributed by atoms with Gasteiger partial charge in [0.1, 0.15) is 0 Å². The van der Waals surface area contributed by atoms with Gasteiger partial charge in [-0.2, -0.15) is 0 Å². The Balaban J connectivity index is 2.10. The Bertz CT molecular complexity index is 524. The van der Waals surface area contributed by atoms with Crippen LogP contribution in [0.25, 0.3) is 0 Å². The molecule has 0 atom stereocenters. The van der Waals surface area contributed by atoms with Crippen molar-refractivity contribution in [2.24, 2.45) is 5.92 Å². The van der Waals surface area contributed by atoms with Crippen molar-refractivity contribution in [3.8, 4) is 0 Å². The van der Waals surface area contributed by atoms with Gasteiger partial charge < -0.3 is 5.32 Å². The highest BCUT2D eigenvalue weighted by Crippen LogP contribution is 2.24. The van der Waals surface area contributed by atoms with Gasteiger partial charge in [-0.3, -0.25) is 0 Å². The number of rotatable bonds is 5. The van der Waals surface area contributed by atoms with Crippen molar-refractivity contribution in [3.05, 3.63) is 23.8 Å². The molecule has 18 heavy (non-hydrogen) atoms. The summed E-state index contributed by atoms with van der Waals surface area (Å²) >= 11 is 0. The van der Waals surface area contributed by atoms with Crippen molar-refractivity contribution in [2.75, 3.05) is 18.4 Å². The zero-order valence-electron chi connectivity index (χ0n) is 10.9.